The van der Waals surface area contributed by atoms with Gasteiger partial charge in [-0.05, 0) is 42.4 Å². The molecule has 5 heteroatoms. The Kier molecular flexibility index (Phi) is 6.85. The number of hydrogen-bond acceptors (Lipinski definition) is 2. The molecular formula is C20H32N4O. The van der Waals surface area contributed by atoms with E-state index >= 15 is 0 Å². The average molecular weight is 345 g/mol. The zero-order valence-electron chi connectivity index (χ0n) is 16.1. The van der Waals surface area contributed by atoms with Crippen LogP contribution >= 0.6 is 0 Å². The molecule has 1 aliphatic rings. The van der Waals surface area contributed by atoms with E-state index in [0.717, 1.165) is 24.6 Å². The van der Waals surface area contributed by atoms with Gasteiger partial charge in [0.1, 0.15) is 0 Å². The predicted molar refractivity (Wildman–Crippen MR) is 104 cm³/mol. The monoisotopic (exact) mass is 344 g/mol. The number of hydrogen-bond donors (Lipinski definition) is 2. The van der Waals surface area contributed by atoms with E-state index < -0.39 is 0 Å². The minimum Gasteiger partial charge on any atom is -0.355 e. The summed E-state index contributed by atoms with van der Waals surface area (Å²) in [5.41, 5.74) is 2.14. The number of piperidine rings is 1. The molecule has 1 aliphatic heterocycles. The van der Waals surface area contributed by atoms with Crippen LogP contribution in [0.2, 0.25) is 0 Å². The second-order valence-electron chi connectivity index (χ2n) is 7.27. The summed E-state index contributed by atoms with van der Waals surface area (Å²) >= 11 is 0. The van der Waals surface area contributed by atoms with Crippen LogP contribution in [0, 0.1) is 5.41 Å². The molecule has 2 rings (SSSR count). The van der Waals surface area contributed by atoms with E-state index in [2.05, 4.69) is 34.4 Å². The molecule has 1 unspecified atom stereocenters. The third-order valence-corrected chi connectivity index (χ3v) is 5.01. The van der Waals surface area contributed by atoms with Crippen molar-refractivity contribution in [1.29, 1.82) is 0 Å². The van der Waals surface area contributed by atoms with Gasteiger partial charge in [-0.1, -0.05) is 32.4 Å². The van der Waals surface area contributed by atoms with Crippen molar-refractivity contribution >= 4 is 11.9 Å². The molecule has 138 valence electrons. The molecule has 1 atom stereocenters. The maximum atomic E-state index is 11.8. The fraction of sp³-hybridized carbons (Fsp3) is 0.600. The molecule has 25 heavy (non-hydrogen) atoms. The Hall–Kier alpha value is -2.04. The Balaban J connectivity index is 2.00. The summed E-state index contributed by atoms with van der Waals surface area (Å²) in [6.45, 7) is 7.42. The van der Waals surface area contributed by atoms with Crippen LogP contribution in [0.5, 0.6) is 0 Å². The third-order valence-electron chi connectivity index (χ3n) is 5.01. The molecule has 0 saturated carbocycles. The lowest BCUT2D eigenvalue weighted by atomic mass is 9.78. The van der Waals surface area contributed by atoms with Gasteiger partial charge in [0.15, 0.2) is 5.96 Å². The van der Waals surface area contributed by atoms with Crippen LogP contribution in [0.1, 0.15) is 55.5 Å². The van der Waals surface area contributed by atoms with Crippen LogP contribution in [0.15, 0.2) is 29.3 Å². The first-order valence-corrected chi connectivity index (χ1v) is 9.28. The van der Waals surface area contributed by atoms with Gasteiger partial charge in [0.05, 0.1) is 0 Å². The highest BCUT2D eigenvalue weighted by molar-refractivity contribution is 5.94. The predicted octanol–water partition coefficient (Wildman–Crippen LogP) is 3.02. The molecule has 0 spiro atoms. The van der Waals surface area contributed by atoms with Crippen molar-refractivity contribution in [2.75, 3.05) is 27.2 Å². The second kappa shape index (κ2) is 8.88. The molecule has 0 radical (unpaired) electrons. The highest BCUT2D eigenvalue weighted by Crippen LogP contribution is 2.33. The van der Waals surface area contributed by atoms with Crippen molar-refractivity contribution < 1.29 is 4.79 Å². The second-order valence-corrected chi connectivity index (χ2v) is 7.27. The summed E-state index contributed by atoms with van der Waals surface area (Å²) < 4.78 is 0. The lowest BCUT2D eigenvalue weighted by Crippen LogP contribution is -2.49. The number of benzene rings is 1. The van der Waals surface area contributed by atoms with E-state index in [9.17, 15) is 4.79 Å². The number of nitrogens with one attached hydrogen (secondary N) is 2. The molecular weight excluding hydrogens is 312 g/mol. The van der Waals surface area contributed by atoms with Gasteiger partial charge < -0.3 is 15.5 Å². The third kappa shape index (κ3) is 5.21. The van der Waals surface area contributed by atoms with Gasteiger partial charge >= 0.3 is 0 Å². The maximum Gasteiger partial charge on any atom is 0.251 e. The van der Waals surface area contributed by atoms with E-state index in [0.29, 0.717) is 17.5 Å². The number of aliphatic imine (C=N–C) groups is 1. The summed E-state index contributed by atoms with van der Waals surface area (Å²) in [7, 11) is 3.49. The van der Waals surface area contributed by atoms with Gasteiger partial charge in [-0.3, -0.25) is 9.79 Å². The molecule has 1 saturated heterocycles. The summed E-state index contributed by atoms with van der Waals surface area (Å²) in [6, 6.07) is 7.71. The normalized spacial score (nSPS) is 21.1. The van der Waals surface area contributed by atoms with Gasteiger partial charge in [-0.2, -0.15) is 0 Å². The zero-order chi connectivity index (χ0) is 18.3. The molecule has 1 aromatic carbocycles. The van der Waals surface area contributed by atoms with Gasteiger partial charge in [-0.15, -0.1) is 0 Å². The number of carbonyl (C=O) groups excluding carboxylic acids is 1. The minimum atomic E-state index is -0.0578. The standard InChI is InChI=1S/C20H32N4O/c1-5-10-20(2)11-7-12-24(15-20)19(22-4)23-14-16-8-6-9-17(13-16)18(25)21-3/h6,8-9,13H,5,7,10-12,14-15H2,1-4H3,(H,21,25)(H,22,23). The summed E-state index contributed by atoms with van der Waals surface area (Å²) in [4.78, 5) is 18.6. The topological polar surface area (TPSA) is 56.7 Å². The molecule has 1 heterocycles. The minimum absolute atomic E-state index is 0.0578. The number of likely N-dealkylation sites (tertiary alicyclic amines) is 1. The molecule has 2 N–H and O–H groups in total. The lowest BCUT2D eigenvalue weighted by molar-refractivity contribution is 0.0963. The number of guanidine groups is 1. The van der Waals surface area contributed by atoms with E-state index in [1.54, 1.807) is 7.05 Å². The molecule has 1 aromatic rings. The number of nitrogens with zero attached hydrogens (tertiary/aromatic N) is 2. The SMILES string of the molecule is CCCC1(C)CCCN(C(=NC)NCc2cccc(C(=O)NC)c2)C1. The molecule has 5 nitrogen and oxygen atoms in total. The Bertz CT molecular complexity index is 609. The van der Waals surface area contributed by atoms with Crippen molar-refractivity contribution in [2.24, 2.45) is 10.4 Å². The van der Waals surface area contributed by atoms with Crippen LogP contribution in [-0.2, 0) is 6.54 Å². The fourth-order valence-corrected chi connectivity index (χ4v) is 3.78. The van der Waals surface area contributed by atoms with Crippen molar-refractivity contribution in [3.8, 4) is 0 Å². The van der Waals surface area contributed by atoms with Crippen molar-refractivity contribution in [1.82, 2.24) is 15.5 Å². The van der Waals surface area contributed by atoms with E-state index in [-0.39, 0.29) is 5.91 Å². The molecule has 0 aromatic heterocycles. The lowest BCUT2D eigenvalue weighted by Gasteiger charge is -2.42. The van der Waals surface area contributed by atoms with Crippen LogP contribution in [0.4, 0.5) is 0 Å². The summed E-state index contributed by atoms with van der Waals surface area (Å²) in [6.07, 6.45) is 4.99. The quantitative estimate of drug-likeness (QED) is 0.638. The van der Waals surface area contributed by atoms with Gasteiger partial charge in [0.2, 0.25) is 0 Å². The number of amides is 1. The summed E-state index contributed by atoms with van der Waals surface area (Å²) in [5.74, 6) is 0.893. The first-order chi connectivity index (χ1) is 12.0. The van der Waals surface area contributed by atoms with Crippen LogP contribution < -0.4 is 10.6 Å². The Morgan fingerprint density at radius 2 is 2.20 bits per heavy atom. The fourth-order valence-electron chi connectivity index (χ4n) is 3.78. The number of carbonyl (C=O) groups is 1. The average Bonchev–Trinajstić information content (AvgIpc) is 2.62. The molecule has 0 aliphatic carbocycles. The highest BCUT2D eigenvalue weighted by atomic mass is 16.1. The highest BCUT2D eigenvalue weighted by Gasteiger charge is 2.31. The van der Waals surface area contributed by atoms with Crippen LogP contribution in [0.25, 0.3) is 0 Å². The Labute approximate surface area is 151 Å². The number of rotatable bonds is 5. The van der Waals surface area contributed by atoms with Crippen LogP contribution in [-0.4, -0.2) is 44.0 Å². The van der Waals surface area contributed by atoms with Gasteiger partial charge in [-0.25, -0.2) is 0 Å². The smallest absolute Gasteiger partial charge is 0.251 e. The summed E-state index contributed by atoms with van der Waals surface area (Å²) in [5, 5.41) is 6.13. The zero-order valence-corrected chi connectivity index (χ0v) is 16.1. The molecule has 1 fully saturated rings. The van der Waals surface area contributed by atoms with Crippen molar-refractivity contribution in [3.63, 3.8) is 0 Å². The maximum absolute atomic E-state index is 11.8. The van der Waals surface area contributed by atoms with Gasteiger partial charge in [0, 0.05) is 39.3 Å². The van der Waals surface area contributed by atoms with Crippen molar-refractivity contribution in [2.45, 2.75) is 46.1 Å². The van der Waals surface area contributed by atoms with Crippen molar-refractivity contribution in [3.05, 3.63) is 35.4 Å². The van der Waals surface area contributed by atoms with Crippen LogP contribution in [0.3, 0.4) is 0 Å². The Morgan fingerprint density at radius 3 is 2.88 bits per heavy atom. The first kappa shape index (κ1) is 19.3. The first-order valence-electron chi connectivity index (χ1n) is 9.28. The van der Waals surface area contributed by atoms with E-state index in [1.165, 1.54) is 25.7 Å². The molecule has 0 bridgehead atoms. The molecule has 1 amide bonds. The Morgan fingerprint density at radius 1 is 1.40 bits per heavy atom. The largest absolute Gasteiger partial charge is 0.355 e. The van der Waals surface area contributed by atoms with E-state index in [1.807, 2.05) is 31.3 Å². The van der Waals surface area contributed by atoms with E-state index in [4.69, 9.17) is 0 Å². The van der Waals surface area contributed by atoms with Gasteiger partial charge in [0.25, 0.3) is 5.91 Å².